The van der Waals surface area contributed by atoms with Gasteiger partial charge < -0.3 is 0 Å². The number of carbonyl (C=O) groups excluding carboxylic acids is 2. The van der Waals surface area contributed by atoms with E-state index in [1.807, 2.05) is 6.07 Å². The minimum Gasteiger partial charge on any atom is -0.289 e. The van der Waals surface area contributed by atoms with Crippen molar-refractivity contribution in [1.82, 2.24) is 0 Å². The first-order valence-electron chi connectivity index (χ1n) is 3.86. The second kappa shape index (κ2) is 4.19. The van der Waals surface area contributed by atoms with Crippen molar-refractivity contribution in [2.24, 2.45) is 0 Å². The molecule has 68 valence electrons. The van der Waals surface area contributed by atoms with E-state index in [0.29, 0.717) is 5.56 Å². The monoisotopic (exact) mass is 196 g/mol. The van der Waals surface area contributed by atoms with Gasteiger partial charge in [0.25, 0.3) is 0 Å². The molecular formula is C10H9ClO2. The molecule has 0 amide bonds. The van der Waals surface area contributed by atoms with E-state index >= 15 is 0 Å². The van der Waals surface area contributed by atoms with E-state index in [1.54, 1.807) is 25.1 Å². The molecule has 13 heavy (non-hydrogen) atoms. The van der Waals surface area contributed by atoms with Crippen LogP contribution in [0.1, 0.15) is 15.9 Å². The first-order valence-corrected chi connectivity index (χ1v) is 4.39. The van der Waals surface area contributed by atoms with E-state index in [2.05, 4.69) is 0 Å². The number of Topliss-reactive ketones (excluding diaryl/α,β-unsaturated/α-hetero) is 2. The maximum Gasteiger partial charge on any atom is 0.230 e. The zero-order valence-corrected chi connectivity index (χ0v) is 7.97. The molecule has 0 saturated heterocycles. The third kappa shape index (κ3) is 2.16. The molecule has 1 aromatic carbocycles. The van der Waals surface area contributed by atoms with Crippen molar-refractivity contribution in [1.29, 1.82) is 0 Å². The highest BCUT2D eigenvalue weighted by molar-refractivity contribution is 6.51. The van der Waals surface area contributed by atoms with Crippen LogP contribution in [0.5, 0.6) is 0 Å². The van der Waals surface area contributed by atoms with Gasteiger partial charge in [-0.2, -0.15) is 0 Å². The number of hydrogen-bond acceptors (Lipinski definition) is 2. The summed E-state index contributed by atoms with van der Waals surface area (Å²) in [6, 6.07) is 6.95. The number of benzene rings is 1. The number of ketones is 2. The standard InChI is InChI=1S/C10H9ClO2/c1-7-4-2-3-5-8(7)10(13)9(12)6-11/h2-5H,6H2,1H3. The predicted octanol–water partition coefficient (Wildman–Crippen LogP) is 1.99. The summed E-state index contributed by atoms with van der Waals surface area (Å²) >= 11 is 5.28. The lowest BCUT2D eigenvalue weighted by Crippen LogP contribution is -2.16. The van der Waals surface area contributed by atoms with Crippen molar-refractivity contribution in [3.8, 4) is 0 Å². The Bertz CT molecular complexity index is 345. The van der Waals surface area contributed by atoms with Gasteiger partial charge in [0, 0.05) is 5.56 Å². The Balaban J connectivity index is 3.02. The average Bonchev–Trinajstić information content (AvgIpc) is 2.16. The van der Waals surface area contributed by atoms with Gasteiger partial charge >= 0.3 is 0 Å². The van der Waals surface area contributed by atoms with Crippen LogP contribution in [-0.4, -0.2) is 17.4 Å². The Kier molecular flexibility index (Phi) is 3.20. The third-order valence-corrected chi connectivity index (χ3v) is 2.01. The van der Waals surface area contributed by atoms with Crippen molar-refractivity contribution in [2.75, 3.05) is 5.88 Å². The van der Waals surface area contributed by atoms with Crippen molar-refractivity contribution < 1.29 is 9.59 Å². The van der Waals surface area contributed by atoms with Gasteiger partial charge in [-0.25, -0.2) is 0 Å². The largest absolute Gasteiger partial charge is 0.289 e. The molecule has 0 fully saturated rings. The molecule has 0 aliphatic carbocycles. The van der Waals surface area contributed by atoms with Crippen LogP contribution in [0.25, 0.3) is 0 Å². The fourth-order valence-corrected chi connectivity index (χ4v) is 1.16. The van der Waals surface area contributed by atoms with Crippen LogP contribution in [0.2, 0.25) is 0 Å². The molecule has 0 atom stereocenters. The summed E-state index contributed by atoms with van der Waals surface area (Å²) < 4.78 is 0. The molecule has 0 aliphatic rings. The molecule has 2 nitrogen and oxygen atoms in total. The smallest absolute Gasteiger partial charge is 0.230 e. The van der Waals surface area contributed by atoms with Gasteiger partial charge in [0.2, 0.25) is 11.6 Å². The van der Waals surface area contributed by atoms with Crippen LogP contribution in [0.3, 0.4) is 0 Å². The molecule has 3 heteroatoms. The van der Waals surface area contributed by atoms with Gasteiger partial charge in [-0.1, -0.05) is 24.3 Å². The molecule has 1 aromatic rings. The Morgan fingerprint density at radius 2 is 1.92 bits per heavy atom. The maximum absolute atomic E-state index is 11.4. The summed E-state index contributed by atoms with van der Waals surface area (Å²) in [6.07, 6.45) is 0. The van der Waals surface area contributed by atoms with Gasteiger partial charge in [-0.3, -0.25) is 9.59 Å². The van der Waals surface area contributed by atoms with Crippen LogP contribution < -0.4 is 0 Å². The summed E-state index contributed by atoms with van der Waals surface area (Å²) in [6.45, 7) is 1.79. The summed E-state index contributed by atoms with van der Waals surface area (Å²) in [5.41, 5.74) is 1.24. The molecular weight excluding hydrogens is 188 g/mol. The van der Waals surface area contributed by atoms with E-state index in [4.69, 9.17) is 11.6 Å². The SMILES string of the molecule is Cc1ccccc1C(=O)C(=O)CCl. The number of aryl methyl sites for hydroxylation is 1. The highest BCUT2D eigenvalue weighted by Crippen LogP contribution is 2.08. The van der Waals surface area contributed by atoms with Crippen LogP contribution in [-0.2, 0) is 4.79 Å². The van der Waals surface area contributed by atoms with Crippen molar-refractivity contribution >= 4 is 23.2 Å². The molecule has 0 spiro atoms. The minimum atomic E-state index is -0.559. The summed E-state index contributed by atoms with van der Waals surface area (Å²) in [7, 11) is 0. The van der Waals surface area contributed by atoms with Crippen LogP contribution in [0.4, 0.5) is 0 Å². The maximum atomic E-state index is 11.4. The number of alkyl halides is 1. The Morgan fingerprint density at radius 3 is 2.46 bits per heavy atom. The molecule has 0 aromatic heterocycles. The average molecular weight is 197 g/mol. The van der Waals surface area contributed by atoms with Crippen molar-refractivity contribution in [3.63, 3.8) is 0 Å². The van der Waals surface area contributed by atoms with Gasteiger partial charge in [-0.15, -0.1) is 11.6 Å². The first kappa shape index (κ1) is 9.93. The number of hydrogen-bond donors (Lipinski definition) is 0. The molecule has 0 radical (unpaired) electrons. The highest BCUT2D eigenvalue weighted by atomic mass is 35.5. The lowest BCUT2D eigenvalue weighted by atomic mass is 10.0. The van der Waals surface area contributed by atoms with E-state index in [9.17, 15) is 9.59 Å². The molecule has 0 saturated carbocycles. The van der Waals surface area contributed by atoms with Crippen molar-refractivity contribution in [3.05, 3.63) is 35.4 Å². The minimum absolute atomic E-state index is 0.257. The normalized spacial score (nSPS) is 9.69. The number of carbonyl (C=O) groups is 2. The van der Waals surface area contributed by atoms with Gasteiger partial charge in [0.05, 0.1) is 5.88 Å². The van der Waals surface area contributed by atoms with Gasteiger partial charge in [0.15, 0.2) is 0 Å². The fourth-order valence-electron chi connectivity index (χ4n) is 1.04. The molecule has 0 heterocycles. The van der Waals surface area contributed by atoms with Crippen molar-refractivity contribution in [2.45, 2.75) is 6.92 Å². The summed E-state index contributed by atoms with van der Waals surface area (Å²) in [5.74, 6) is -1.32. The number of rotatable bonds is 3. The van der Waals surface area contributed by atoms with Gasteiger partial charge in [-0.05, 0) is 12.5 Å². The zero-order valence-electron chi connectivity index (χ0n) is 7.21. The molecule has 0 unspecified atom stereocenters. The van der Waals surface area contributed by atoms with E-state index in [1.165, 1.54) is 0 Å². The molecule has 0 aliphatic heterocycles. The highest BCUT2D eigenvalue weighted by Gasteiger charge is 2.15. The second-order valence-electron chi connectivity index (χ2n) is 2.70. The topological polar surface area (TPSA) is 34.1 Å². The molecule has 0 bridgehead atoms. The Morgan fingerprint density at radius 1 is 1.31 bits per heavy atom. The van der Waals surface area contributed by atoms with Crippen LogP contribution >= 0.6 is 11.6 Å². The van der Waals surface area contributed by atoms with E-state index in [-0.39, 0.29) is 5.88 Å². The molecule has 1 rings (SSSR count). The summed E-state index contributed by atoms with van der Waals surface area (Å²) in [5, 5.41) is 0. The predicted molar refractivity (Wildman–Crippen MR) is 51.2 cm³/mol. The lowest BCUT2D eigenvalue weighted by Gasteiger charge is -2.00. The first-order chi connectivity index (χ1) is 6.16. The van der Waals surface area contributed by atoms with Gasteiger partial charge in [0.1, 0.15) is 0 Å². The second-order valence-corrected chi connectivity index (χ2v) is 2.97. The van der Waals surface area contributed by atoms with Crippen LogP contribution in [0, 0.1) is 6.92 Å². The fraction of sp³-hybridized carbons (Fsp3) is 0.200. The number of halogens is 1. The third-order valence-electron chi connectivity index (χ3n) is 1.76. The van der Waals surface area contributed by atoms with E-state index in [0.717, 1.165) is 5.56 Å². The Labute approximate surface area is 81.5 Å². The molecule has 0 N–H and O–H groups in total. The zero-order chi connectivity index (χ0) is 9.84. The Hall–Kier alpha value is -1.15. The lowest BCUT2D eigenvalue weighted by molar-refractivity contribution is -0.112. The summed E-state index contributed by atoms with van der Waals surface area (Å²) in [4.78, 5) is 22.3. The van der Waals surface area contributed by atoms with Crippen LogP contribution in [0.15, 0.2) is 24.3 Å². The quantitative estimate of drug-likeness (QED) is 0.421. The van der Waals surface area contributed by atoms with E-state index < -0.39 is 11.6 Å².